The fraction of sp³-hybridized carbons (Fsp3) is 0.0625. The van der Waals surface area contributed by atoms with Crippen molar-refractivity contribution in [3.8, 4) is 5.75 Å². The van der Waals surface area contributed by atoms with Gasteiger partial charge in [0.25, 0.3) is 5.91 Å². The number of hydrazone groups is 1. The summed E-state index contributed by atoms with van der Waals surface area (Å²) in [6, 6.07) is 12.6. The van der Waals surface area contributed by atoms with E-state index in [1.165, 1.54) is 25.5 Å². The summed E-state index contributed by atoms with van der Waals surface area (Å²) in [5.41, 5.74) is 3.47. The van der Waals surface area contributed by atoms with Gasteiger partial charge in [0.05, 0.1) is 18.9 Å². The lowest BCUT2D eigenvalue weighted by molar-refractivity contribution is 0.0600. The smallest absolute Gasteiger partial charge is 0.338 e. The second kappa shape index (κ2) is 7.03. The van der Waals surface area contributed by atoms with E-state index in [0.717, 1.165) is 0 Å². The Balaban J connectivity index is 2.10. The Bertz CT molecular complexity index is 726. The lowest BCUT2D eigenvalue weighted by Crippen LogP contribution is -2.17. The third kappa shape index (κ3) is 3.69. The van der Waals surface area contributed by atoms with Crippen LogP contribution in [0.25, 0.3) is 0 Å². The van der Waals surface area contributed by atoms with E-state index in [4.69, 9.17) is 0 Å². The summed E-state index contributed by atoms with van der Waals surface area (Å²) in [5.74, 6) is -0.961. The van der Waals surface area contributed by atoms with Crippen LogP contribution in [0.3, 0.4) is 0 Å². The number of hydrogen-bond acceptors (Lipinski definition) is 5. The van der Waals surface area contributed by atoms with Crippen molar-refractivity contribution in [1.29, 1.82) is 0 Å². The summed E-state index contributed by atoms with van der Waals surface area (Å²) in [6.45, 7) is 0. The largest absolute Gasteiger partial charge is 0.508 e. The molecule has 2 N–H and O–H groups in total. The highest BCUT2D eigenvalue weighted by Gasteiger charge is 2.09. The molecule has 22 heavy (non-hydrogen) atoms. The molecule has 0 aliphatic heterocycles. The molecular weight excluding hydrogens is 284 g/mol. The number of aromatic hydroxyl groups is 1. The second-order valence-corrected chi connectivity index (χ2v) is 4.33. The van der Waals surface area contributed by atoms with Gasteiger partial charge in [0.15, 0.2) is 0 Å². The Hall–Kier alpha value is -3.15. The van der Waals surface area contributed by atoms with Crippen LogP contribution in [0.2, 0.25) is 0 Å². The molecule has 0 saturated carbocycles. The SMILES string of the molecule is COC(=O)c1ccccc1/C=N\NC(=O)c1cccc(O)c1. The second-order valence-electron chi connectivity index (χ2n) is 4.33. The van der Waals surface area contributed by atoms with E-state index in [9.17, 15) is 14.7 Å². The minimum Gasteiger partial charge on any atom is -0.508 e. The average molecular weight is 298 g/mol. The first-order chi connectivity index (χ1) is 10.6. The normalized spacial score (nSPS) is 10.4. The monoisotopic (exact) mass is 298 g/mol. The number of rotatable bonds is 4. The molecule has 0 saturated heterocycles. The molecule has 0 aliphatic rings. The maximum atomic E-state index is 11.8. The molecule has 0 atom stereocenters. The van der Waals surface area contributed by atoms with E-state index in [-0.39, 0.29) is 11.3 Å². The van der Waals surface area contributed by atoms with Gasteiger partial charge < -0.3 is 9.84 Å². The molecule has 0 aliphatic carbocycles. The van der Waals surface area contributed by atoms with Crippen LogP contribution in [0.1, 0.15) is 26.3 Å². The minimum absolute atomic E-state index is 0.00679. The molecule has 2 aromatic carbocycles. The van der Waals surface area contributed by atoms with Gasteiger partial charge in [-0.1, -0.05) is 24.3 Å². The molecule has 0 bridgehead atoms. The van der Waals surface area contributed by atoms with Gasteiger partial charge >= 0.3 is 5.97 Å². The predicted molar refractivity (Wildman–Crippen MR) is 80.9 cm³/mol. The van der Waals surface area contributed by atoms with Crippen molar-refractivity contribution < 1.29 is 19.4 Å². The Morgan fingerprint density at radius 3 is 2.68 bits per heavy atom. The molecule has 2 aromatic rings. The maximum absolute atomic E-state index is 11.8. The first-order valence-corrected chi connectivity index (χ1v) is 6.41. The topological polar surface area (TPSA) is 88.0 Å². The van der Waals surface area contributed by atoms with Crippen molar-refractivity contribution in [3.05, 3.63) is 65.2 Å². The van der Waals surface area contributed by atoms with Gasteiger partial charge in [-0.25, -0.2) is 10.2 Å². The first kappa shape index (κ1) is 15.2. The van der Waals surface area contributed by atoms with Crippen LogP contribution in [0.4, 0.5) is 0 Å². The summed E-state index contributed by atoms with van der Waals surface area (Å²) >= 11 is 0. The first-order valence-electron chi connectivity index (χ1n) is 6.41. The molecule has 0 radical (unpaired) electrons. The van der Waals surface area contributed by atoms with Crippen molar-refractivity contribution in [2.45, 2.75) is 0 Å². The maximum Gasteiger partial charge on any atom is 0.338 e. The Labute approximate surface area is 127 Å². The third-order valence-corrected chi connectivity index (χ3v) is 2.84. The molecule has 112 valence electrons. The van der Waals surface area contributed by atoms with Crippen LogP contribution in [-0.4, -0.2) is 30.3 Å². The van der Waals surface area contributed by atoms with Crippen LogP contribution >= 0.6 is 0 Å². The van der Waals surface area contributed by atoms with E-state index in [1.807, 2.05) is 0 Å². The number of esters is 1. The quantitative estimate of drug-likeness (QED) is 0.513. The minimum atomic E-state index is -0.485. The Morgan fingerprint density at radius 1 is 1.18 bits per heavy atom. The van der Waals surface area contributed by atoms with Crippen LogP contribution in [0.5, 0.6) is 5.75 Å². The third-order valence-electron chi connectivity index (χ3n) is 2.84. The zero-order chi connectivity index (χ0) is 15.9. The number of phenolic OH excluding ortho intramolecular Hbond substituents is 1. The van der Waals surface area contributed by atoms with Crippen LogP contribution in [0.15, 0.2) is 53.6 Å². The van der Waals surface area contributed by atoms with Crippen LogP contribution < -0.4 is 5.43 Å². The van der Waals surface area contributed by atoms with Crippen LogP contribution in [0, 0.1) is 0 Å². The number of carbonyl (C=O) groups excluding carboxylic acids is 2. The molecule has 0 spiro atoms. The number of methoxy groups -OCH3 is 1. The lowest BCUT2D eigenvalue weighted by atomic mass is 10.1. The molecule has 2 rings (SSSR count). The summed E-state index contributed by atoms with van der Waals surface area (Å²) < 4.78 is 4.67. The number of nitrogens with one attached hydrogen (secondary N) is 1. The van der Waals surface area contributed by atoms with E-state index in [1.54, 1.807) is 36.4 Å². The molecule has 0 aromatic heterocycles. The molecular formula is C16H14N2O4. The number of carbonyl (C=O) groups is 2. The number of amides is 1. The Morgan fingerprint density at radius 2 is 1.95 bits per heavy atom. The number of nitrogens with zero attached hydrogens (tertiary/aromatic N) is 1. The number of benzene rings is 2. The molecule has 6 heteroatoms. The van der Waals surface area contributed by atoms with Gasteiger partial charge in [-0.3, -0.25) is 4.79 Å². The highest BCUT2D eigenvalue weighted by atomic mass is 16.5. The van der Waals surface area contributed by atoms with E-state index >= 15 is 0 Å². The standard InChI is InChI=1S/C16H14N2O4/c1-22-16(21)14-8-3-2-5-12(14)10-17-18-15(20)11-6-4-7-13(19)9-11/h2-10,19H,1H3,(H,18,20)/b17-10-. The number of hydrogen-bond donors (Lipinski definition) is 2. The predicted octanol–water partition coefficient (Wildman–Crippen LogP) is 1.94. The summed E-state index contributed by atoms with van der Waals surface area (Å²) in [4.78, 5) is 23.4. The van der Waals surface area contributed by atoms with E-state index in [0.29, 0.717) is 11.1 Å². The molecule has 0 unspecified atom stereocenters. The van der Waals surface area contributed by atoms with Gasteiger partial charge in [0.2, 0.25) is 0 Å². The number of ether oxygens (including phenoxy) is 1. The lowest BCUT2D eigenvalue weighted by Gasteiger charge is -2.03. The molecule has 0 fully saturated rings. The highest BCUT2D eigenvalue weighted by molar-refractivity contribution is 6.00. The fourth-order valence-corrected chi connectivity index (χ4v) is 1.78. The molecule has 1 amide bonds. The van der Waals surface area contributed by atoms with E-state index in [2.05, 4.69) is 15.3 Å². The Kier molecular flexibility index (Phi) is 4.87. The van der Waals surface area contributed by atoms with Crippen molar-refractivity contribution in [2.24, 2.45) is 5.10 Å². The zero-order valence-electron chi connectivity index (χ0n) is 11.8. The van der Waals surface area contributed by atoms with Crippen molar-refractivity contribution in [2.75, 3.05) is 7.11 Å². The zero-order valence-corrected chi connectivity index (χ0v) is 11.8. The van der Waals surface area contributed by atoms with Gasteiger partial charge in [-0.15, -0.1) is 0 Å². The molecule has 0 heterocycles. The number of phenols is 1. The summed E-state index contributed by atoms with van der Waals surface area (Å²) in [5, 5.41) is 13.1. The van der Waals surface area contributed by atoms with Gasteiger partial charge in [0.1, 0.15) is 5.75 Å². The summed E-state index contributed by atoms with van der Waals surface area (Å²) in [7, 11) is 1.29. The average Bonchev–Trinajstić information content (AvgIpc) is 2.54. The van der Waals surface area contributed by atoms with Gasteiger partial charge in [0, 0.05) is 11.1 Å². The van der Waals surface area contributed by atoms with Crippen molar-refractivity contribution >= 4 is 18.1 Å². The van der Waals surface area contributed by atoms with Gasteiger partial charge in [-0.2, -0.15) is 5.10 Å². The van der Waals surface area contributed by atoms with Crippen LogP contribution in [-0.2, 0) is 4.74 Å². The summed E-state index contributed by atoms with van der Waals surface area (Å²) in [6.07, 6.45) is 1.35. The fourth-order valence-electron chi connectivity index (χ4n) is 1.78. The molecule has 6 nitrogen and oxygen atoms in total. The van der Waals surface area contributed by atoms with Crippen molar-refractivity contribution in [1.82, 2.24) is 5.43 Å². The van der Waals surface area contributed by atoms with Gasteiger partial charge in [-0.05, 0) is 24.3 Å². The van der Waals surface area contributed by atoms with Crippen molar-refractivity contribution in [3.63, 3.8) is 0 Å². The highest BCUT2D eigenvalue weighted by Crippen LogP contribution is 2.11. The van der Waals surface area contributed by atoms with E-state index < -0.39 is 11.9 Å².